The minimum absolute atomic E-state index is 0.116. The number of benzene rings is 5. The number of rotatable bonds is 17. The summed E-state index contributed by atoms with van der Waals surface area (Å²) in [5.41, 5.74) is 1.43. The lowest BCUT2D eigenvalue weighted by Crippen LogP contribution is -2.46. The molecule has 0 saturated carbocycles. The van der Waals surface area contributed by atoms with Gasteiger partial charge in [-0.2, -0.15) is 13.2 Å². The number of nitrogens with one attached hydrogen (secondary N) is 2. The summed E-state index contributed by atoms with van der Waals surface area (Å²) in [7, 11) is -10.6. The highest BCUT2D eigenvalue weighted by molar-refractivity contribution is 7.99. The van der Waals surface area contributed by atoms with Crippen molar-refractivity contribution in [3.05, 3.63) is 137 Å². The van der Waals surface area contributed by atoms with Crippen molar-refractivity contribution in [1.82, 2.24) is 9.47 Å². The summed E-state index contributed by atoms with van der Waals surface area (Å²) in [5.74, 6) is 0.0168. The average molecular weight is 1070 g/mol. The molecule has 2 aliphatic heterocycles. The third-order valence-corrected chi connectivity index (χ3v) is 17.8. The van der Waals surface area contributed by atoms with Gasteiger partial charge < -0.3 is 29.7 Å². The zero-order valence-corrected chi connectivity index (χ0v) is 43.7. The van der Waals surface area contributed by atoms with Crippen LogP contribution in [0.2, 0.25) is 5.02 Å². The highest BCUT2D eigenvalue weighted by Gasteiger charge is 2.48. The van der Waals surface area contributed by atoms with Gasteiger partial charge in [-0.25, -0.2) is 21.2 Å². The Morgan fingerprint density at radius 2 is 1.42 bits per heavy atom. The van der Waals surface area contributed by atoms with E-state index in [1.54, 1.807) is 24.3 Å². The van der Waals surface area contributed by atoms with Crippen molar-refractivity contribution in [3.8, 4) is 22.4 Å². The van der Waals surface area contributed by atoms with Gasteiger partial charge in [0.25, 0.3) is 19.9 Å². The summed E-state index contributed by atoms with van der Waals surface area (Å²) >= 11 is 7.72. The smallest absolute Gasteiger partial charge is 0.393 e. The Hall–Kier alpha value is -5.24. The Kier molecular flexibility index (Phi) is 16.3. The molecule has 0 amide bonds. The van der Waals surface area contributed by atoms with Crippen molar-refractivity contribution in [3.63, 3.8) is 0 Å². The molecule has 0 radical (unpaired) electrons. The number of alkyl halides is 3. The molecule has 6 aromatic rings. The van der Waals surface area contributed by atoms with Crippen LogP contribution in [-0.4, -0.2) is 101 Å². The first-order valence-corrected chi connectivity index (χ1v) is 28.2. The number of aliphatic hydroxyl groups excluding tert-OH is 1. The van der Waals surface area contributed by atoms with E-state index in [0.29, 0.717) is 81.9 Å². The summed E-state index contributed by atoms with van der Waals surface area (Å²) in [4.78, 5) is 5.45. The van der Waals surface area contributed by atoms with Crippen LogP contribution in [0.5, 0.6) is 0 Å². The number of aliphatic hydroxyl groups is 1. The number of nitrogens with zero attached hydrogens (tertiary/aromatic N) is 4. The molecule has 2 saturated heterocycles. The first-order valence-electron chi connectivity index (χ1n) is 23.9. The molecule has 8 rings (SSSR count). The first kappa shape index (κ1) is 53.1. The first-order chi connectivity index (χ1) is 34.2. The summed E-state index contributed by atoms with van der Waals surface area (Å²) in [5, 5.41) is 13.6. The van der Waals surface area contributed by atoms with Gasteiger partial charge in [0.15, 0.2) is 0 Å². The van der Waals surface area contributed by atoms with Gasteiger partial charge >= 0.3 is 5.51 Å². The second-order valence-electron chi connectivity index (χ2n) is 18.7. The molecule has 19 heteroatoms. The number of hydrogen-bond donors (Lipinski definition) is 3. The molecule has 384 valence electrons. The molecule has 3 heterocycles. The Balaban J connectivity index is 0.967. The third-order valence-electron chi connectivity index (χ3n) is 13.5. The fourth-order valence-electron chi connectivity index (χ4n) is 9.54. The van der Waals surface area contributed by atoms with Crippen LogP contribution in [-0.2, 0) is 19.9 Å². The second-order valence-corrected chi connectivity index (χ2v) is 23.8. The number of anilines is 4. The van der Waals surface area contributed by atoms with Crippen LogP contribution in [0.25, 0.3) is 22.4 Å². The molecule has 3 N–H and O–H groups in total. The van der Waals surface area contributed by atoms with E-state index < -0.39 is 41.2 Å². The molecule has 72 heavy (non-hydrogen) atoms. The van der Waals surface area contributed by atoms with Crippen LogP contribution in [0.4, 0.5) is 40.3 Å². The van der Waals surface area contributed by atoms with Gasteiger partial charge in [0.2, 0.25) is 0 Å². The second kappa shape index (κ2) is 22.1. The van der Waals surface area contributed by atoms with Gasteiger partial charge in [0.1, 0.15) is 10.7 Å². The van der Waals surface area contributed by atoms with Crippen LogP contribution in [0.1, 0.15) is 50.4 Å². The Morgan fingerprint density at radius 1 is 0.778 bits per heavy atom. The number of thioether (sulfide) groups is 1. The minimum Gasteiger partial charge on any atom is -0.393 e. The van der Waals surface area contributed by atoms with Crippen LogP contribution in [0.15, 0.2) is 130 Å². The van der Waals surface area contributed by atoms with E-state index in [0.717, 1.165) is 62.0 Å². The Bertz CT molecular complexity index is 3070. The van der Waals surface area contributed by atoms with Gasteiger partial charge in [-0.3, -0.25) is 4.72 Å². The van der Waals surface area contributed by atoms with Gasteiger partial charge in [-0.1, -0.05) is 41.9 Å². The number of likely N-dealkylation sites (tertiary alicyclic amines) is 1. The van der Waals surface area contributed by atoms with E-state index in [1.807, 2.05) is 60.7 Å². The number of aromatic nitrogens is 1. The monoisotopic (exact) mass is 1070 g/mol. The van der Waals surface area contributed by atoms with Crippen molar-refractivity contribution in [2.45, 2.75) is 85.3 Å². The molecule has 2 fully saturated rings. The molecule has 0 aliphatic carbocycles. The minimum atomic E-state index is -6.02. The van der Waals surface area contributed by atoms with Crippen LogP contribution in [0.3, 0.4) is 0 Å². The van der Waals surface area contributed by atoms with E-state index in [2.05, 4.69) is 57.0 Å². The largest absolute Gasteiger partial charge is 0.501 e. The molecular formula is C53H59ClF4N6O5S3. The maximum atomic E-state index is 15.6. The summed E-state index contributed by atoms with van der Waals surface area (Å²) in [6.45, 7) is 12.5. The lowest BCUT2D eigenvalue weighted by molar-refractivity contribution is -0.0435. The average Bonchev–Trinajstić information content (AvgIpc) is 3.62. The van der Waals surface area contributed by atoms with Crippen molar-refractivity contribution in [1.29, 1.82) is 0 Å². The predicted molar refractivity (Wildman–Crippen MR) is 282 cm³/mol. The lowest BCUT2D eigenvalue weighted by Gasteiger charge is -2.37. The van der Waals surface area contributed by atoms with E-state index >= 15 is 4.39 Å². The van der Waals surface area contributed by atoms with Crippen molar-refractivity contribution in [2.24, 2.45) is 0 Å². The quantitative estimate of drug-likeness (QED) is 0.0600. The fraction of sp³-hybridized carbons (Fsp3) is 0.358. The van der Waals surface area contributed by atoms with E-state index in [1.165, 1.54) is 23.9 Å². The van der Waals surface area contributed by atoms with Crippen LogP contribution >= 0.6 is 23.4 Å². The summed E-state index contributed by atoms with van der Waals surface area (Å²) in [6.07, 6.45) is 1.24. The van der Waals surface area contributed by atoms with Crippen LogP contribution in [0, 0.1) is 19.7 Å². The molecule has 5 aromatic carbocycles. The number of halogens is 5. The van der Waals surface area contributed by atoms with Gasteiger partial charge in [-0.15, -0.1) is 11.8 Å². The third kappa shape index (κ3) is 12.1. The zero-order valence-electron chi connectivity index (χ0n) is 40.5. The Morgan fingerprint density at radius 3 is 2.04 bits per heavy atom. The SMILES string of the molecule is Cc1c(-c2cc(F)cc(N3CCN(c4ccc(NS(=O)(=O)c5ccc(N[C@H](CCN6CCC(O)CC6)CSc6ccccc6)c(S(=O)(=O)C(F)(F)F)c5)cc4)CC3)c2)c(-c2ccc(Cl)cc2)n(C(C)C)c1C. The topological polar surface area (TPSA) is 127 Å². The maximum absolute atomic E-state index is 15.6. The molecular weight excluding hydrogens is 1010 g/mol. The van der Waals surface area contributed by atoms with E-state index in [9.17, 15) is 35.1 Å². The number of sulfonamides is 1. The highest BCUT2D eigenvalue weighted by Crippen LogP contribution is 2.43. The van der Waals surface area contributed by atoms with Crippen molar-refractivity contribution in [2.75, 3.05) is 71.4 Å². The van der Waals surface area contributed by atoms with Crippen molar-refractivity contribution >= 4 is 66.0 Å². The summed E-state index contributed by atoms with van der Waals surface area (Å²) in [6, 6.07) is 31.1. The molecule has 0 unspecified atom stereocenters. The lowest BCUT2D eigenvalue weighted by atomic mass is 9.96. The number of sulfone groups is 1. The zero-order chi connectivity index (χ0) is 51.5. The molecule has 0 bridgehead atoms. The van der Waals surface area contributed by atoms with Crippen LogP contribution < -0.4 is 19.8 Å². The fourth-order valence-corrected chi connectivity index (χ4v) is 12.8. The predicted octanol–water partition coefficient (Wildman–Crippen LogP) is 11.7. The van der Waals surface area contributed by atoms with Gasteiger partial charge in [-0.05, 0) is 149 Å². The standard InChI is InChI=1S/C53H59ClF4N6O5S3/c1-35(2)64-37(4)36(3)51(52(64)38-10-12-40(54)13-11-38)39-30-41(55)32-45(31-39)63-28-26-62(27-29-63)44-16-14-42(15-17-44)60-72(68,69)48-18-19-49(50(33-48)71(66,67)53(56,57)58)59-43(34-70-47-8-6-5-7-9-47)20-23-61-24-21-46(65)22-25-61/h5-19,30-33,35,43,46,59-60,65H,20-29,34H2,1-4H3/t43-/m1/s1. The normalized spacial score (nSPS) is 15.8. The van der Waals surface area contributed by atoms with Gasteiger partial charge in [0, 0.05) is 102 Å². The molecule has 1 atom stereocenters. The van der Waals surface area contributed by atoms with E-state index in [4.69, 9.17) is 11.6 Å². The number of piperazine rings is 1. The van der Waals surface area contributed by atoms with Crippen molar-refractivity contribution < 1.29 is 39.5 Å². The molecule has 2 aliphatic rings. The molecule has 0 spiro atoms. The Labute approximate surface area is 429 Å². The summed E-state index contributed by atoms with van der Waals surface area (Å²) < 4.78 is 117. The molecule has 1 aromatic heterocycles. The van der Waals surface area contributed by atoms with Gasteiger partial charge in [0.05, 0.1) is 22.4 Å². The maximum Gasteiger partial charge on any atom is 0.501 e. The number of piperidine rings is 1. The number of hydrogen-bond acceptors (Lipinski definition) is 10. The highest BCUT2D eigenvalue weighted by atomic mass is 35.5. The molecule has 11 nitrogen and oxygen atoms in total. The van der Waals surface area contributed by atoms with E-state index in [-0.39, 0.29) is 29.3 Å².